The van der Waals surface area contributed by atoms with E-state index in [4.69, 9.17) is 27.5 Å². The maximum Gasteiger partial charge on any atom is 0.253 e. The number of amides is 1. The van der Waals surface area contributed by atoms with Crippen LogP contribution in [0.25, 0.3) is 10.9 Å². The molecule has 1 aliphatic heterocycles. The zero-order chi connectivity index (χ0) is 18.5. The van der Waals surface area contributed by atoms with Gasteiger partial charge in [0.15, 0.2) is 0 Å². The summed E-state index contributed by atoms with van der Waals surface area (Å²) in [6.45, 7) is 1.32. The molecule has 2 aromatic rings. The Bertz CT molecular complexity index is 862. The highest BCUT2D eigenvalue weighted by atomic mass is 35.5. The van der Waals surface area contributed by atoms with Crippen LogP contribution in [-0.2, 0) is 9.53 Å². The van der Waals surface area contributed by atoms with Gasteiger partial charge in [0.2, 0.25) is 0 Å². The molecule has 8 heteroatoms. The zero-order valence-electron chi connectivity index (χ0n) is 14.1. The van der Waals surface area contributed by atoms with E-state index >= 15 is 0 Å². The normalized spacial score (nSPS) is 17.7. The Labute approximate surface area is 156 Å². The van der Waals surface area contributed by atoms with E-state index < -0.39 is 5.91 Å². The fourth-order valence-electron chi connectivity index (χ4n) is 2.71. The molecule has 7 nitrogen and oxygen atoms in total. The van der Waals surface area contributed by atoms with Gasteiger partial charge >= 0.3 is 0 Å². The zero-order valence-corrected chi connectivity index (χ0v) is 14.8. The monoisotopic (exact) mass is 373 g/mol. The first-order valence-electron chi connectivity index (χ1n) is 8.28. The van der Waals surface area contributed by atoms with E-state index in [1.54, 1.807) is 18.3 Å². The van der Waals surface area contributed by atoms with E-state index in [1.807, 2.05) is 12.1 Å². The molecule has 1 atom stereocenters. The minimum atomic E-state index is -0.688. The highest BCUT2D eigenvalue weighted by molar-refractivity contribution is 6.31. The summed E-state index contributed by atoms with van der Waals surface area (Å²) in [5.41, 5.74) is 6.82. The van der Waals surface area contributed by atoms with Crippen LogP contribution in [0, 0.1) is 5.41 Å². The van der Waals surface area contributed by atoms with Crippen molar-refractivity contribution in [3.63, 3.8) is 0 Å². The number of carbonyl (C=O) groups excluding carboxylic acids is 1. The average molecular weight is 374 g/mol. The molecule has 1 aromatic heterocycles. The van der Waals surface area contributed by atoms with Gasteiger partial charge in [-0.3, -0.25) is 15.2 Å². The summed E-state index contributed by atoms with van der Waals surface area (Å²) in [6, 6.07) is 7.31. The van der Waals surface area contributed by atoms with Crippen molar-refractivity contribution in [2.45, 2.75) is 18.9 Å². The van der Waals surface area contributed by atoms with Crippen LogP contribution in [0.4, 0.5) is 5.69 Å². The van der Waals surface area contributed by atoms with Crippen LogP contribution in [0.15, 0.2) is 42.2 Å². The van der Waals surface area contributed by atoms with Crippen LogP contribution in [0.5, 0.6) is 0 Å². The topological polar surface area (TPSA) is 113 Å². The first-order chi connectivity index (χ1) is 12.5. The van der Waals surface area contributed by atoms with Gasteiger partial charge in [-0.2, -0.15) is 0 Å². The molecule has 0 spiro atoms. The highest BCUT2D eigenvalue weighted by Gasteiger charge is 2.16. The van der Waals surface area contributed by atoms with Crippen LogP contribution in [0.3, 0.4) is 0 Å². The lowest BCUT2D eigenvalue weighted by Crippen LogP contribution is -2.35. The third-order valence-corrected chi connectivity index (χ3v) is 4.31. The minimum absolute atomic E-state index is 0.0618. The third-order valence-electron chi connectivity index (χ3n) is 4.07. The number of hydrogen-bond acceptors (Lipinski definition) is 5. The quantitative estimate of drug-likeness (QED) is 0.365. The second kappa shape index (κ2) is 8.16. The average Bonchev–Trinajstić information content (AvgIpc) is 2.62. The molecule has 1 aliphatic rings. The second-order valence-corrected chi connectivity index (χ2v) is 6.50. The fourth-order valence-corrected chi connectivity index (χ4v) is 2.88. The highest BCUT2D eigenvalue weighted by Crippen LogP contribution is 2.20. The number of rotatable bonds is 5. The van der Waals surface area contributed by atoms with Crippen molar-refractivity contribution in [2.24, 2.45) is 5.73 Å². The smallest absolute Gasteiger partial charge is 0.253 e. The number of benzene rings is 1. The van der Waals surface area contributed by atoms with Crippen molar-refractivity contribution in [3.8, 4) is 0 Å². The minimum Gasteiger partial charge on any atom is -0.385 e. The number of pyridine rings is 1. The predicted octanol–water partition coefficient (Wildman–Crippen LogP) is 2.42. The molecule has 1 fully saturated rings. The van der Waals surface area contributed by atoms with Crippen molar-refractivity contribution >= 4 is 39.9 Å². The van der Waals surface area contributed by atoms with Gasteiger partial charge in [-0.1, -0.05) is 17.7 Å². The summed E-state index contributed by atoms with van der Waals surface area (Å²) in [6.07, 6.45) is 4.96. The molecule has 136 valence electrons. The molecule has 26 heavy (non-hydrogen) atoms. The number of amidine groups is 1. The standard InChI is InChI=1S/C18H20ClN5O2/c19-12-4-3-11-6-14(8-23-16(11)7-12)24-17(20)15(18(21)25)9-22-13-2-1-5-26-10-13/h3-4,6-9,13,22H,1-2,5,10H2,(H2,20,24)(H2,21,25)/b15-9+. The number of hydrogen-bond donors (Lipinski definition) is 4. The van der Waals surface area contributed by atoms with Gasteiger partial charge in [0.25, 0.3) is 5.91 Å². The van der Waals surface area contributed by atoms with Gasteiger partial charge in [0.1, 0.15) is 5.84 Å². The molecule has 1 saturated heterocycles. The van der Waals surface area contributed by atoms with Crippen LogP contribution in [-0.4, -0.2) is 36.0 Å². The lowest BCUT2D eigenvalue weighted by Gasteiger charge is -2.22. The van der Waals surface area contributed by atoms with Crippen LogP contribution < -0.4 is 16.4 Å². The number of ether oxygens (including phenoxy) is 1. The number of primary amides is 1. The fraction of sp³-hybridized carbons (Fsp3) is 0.278. The first kappa shape index (κ1) is 18.2. The Morgan fingerprint density at radius 1 is 1.42 bits per heavy atom. The summed E-state index contributed by atoms with van der Waals surface area (Å²) in [4.78, 5) is 16.0. The molecular weight excluding hydrogens is 354 g/mol. The number of halogens is 1. The number of aromatic nitrogens is 1. The number of nitrogens with one attached hydrogen (secondary N) is 3. The van der Waals surface area contributed by atoms with Crippen LogP contribution in [0.2, 0.25) is 5.02 Å². The molecule has 0 saturated carbocycles. The first-order valence-corrected chi connectivity index (χ1v) is 8.66. The molecule has 1 unspecified atom stereocenters. The second-order valence-electron chi connectivity index (χ2n) is 6.06. The largest absolute Gasteiger partial charge is 0.385 e. The number of nitrogens with two attached hydrogens (primary N) is 1. The van der Waals surface area contributed by atoms with Crippen LogP contribution >= 0.6 is 11.6 Å². The Hall–Kier alpha value is -2.64. The molecule has 0 aliphatic carbocycles. The van der Waals surface area contributed by atoms with Crippen molar-refractivity contribution < 1.29 is 9.53 Å². The van der Waals surface area contributed by atoms with E-state index in [-0.39, 0.29) is 17.5 Å². The molecule has 1 amide bonds. The Morgan fingerprint density at radius 3 is 3.00 bits per heavy atom. The Kier molecular flexibility index (Phi) is 5.70. The van der Waals surface area contributed by atoms with E-state index in [2.05, 4.69) is 15.6 Å². The van der Waals surface area contributed by atoms with E-state index in [1.165, 1.54) is 6.20 Å². The van der Waals surface area contributed by atoms with Gasteiger partial charge < -0.3 is 21.1 Å². The van der Waals surface area contributed by atoms with Crippen molar-refractivity contribution in [2.75, 3.05) is 18.5 Å². The summed E-state index contributed by atoms with van der Waals surface area (Å²) in [5, 5.41) is 15.6. The van der Waals surface area contributed by atoms with Gasteiger partial charge in [-0.25, -0.2) is 0 Å². The third kappa shape index (κ3) is 4.50. The van der Waals surface area contributed by atoms with Gasteiger partial charge in [0, 0.05) is 29.3 Å². The molecular formula is C18H20ClN5O2. The summed E-state index contributed by atoms with van der Waals surface area (Å²) < 4.78 is 5.39. The van der Waals surface area contributed by atoms with Crippen LogP contribution in [0.1, 0.15) is 12.8 Å². The Balaban J connectivity index is 1.73. The van der Waals surface area contributed by atoms with Gasteiger partial charge in [0.05, 0.1) is 29.6 Å². The van der Waals surface area contributed by atoms with E-state index in [0.717, 1.165) is 30.4 Å². The number of fused-ring (bicyclic) bond motifs is 1. The number of anilines is 1. The van der Waals surface area contributed by atoms with E-state index in [9.17, 15) is 4.79 Å². The molecule has 5 N–H and O–H groups in total. The summed E-state index contributed by atoms with van der Waals surface area (Å²) >= 11 is 5.95. The molecule has 2 heterocycles. The maximum absolute atomic E-state index is 11.7. The van der Waals surface area contributed by atoms with Crippen molar-refractivity contribution in [1.82, 2.24) is 10.3 Å². The molecule has 0 radical (unpaired) electrons. The predicted molar refractivity (Wildman–Crippen MR) is 102 cm³/mol. The number of nitrogens with zero attached hydrogens (tertiary/aromatic N) is 1. The lowest BCUT2D eigenvalue weighted by atomic mass is 10.1. The van der Waals surface area contributed by atoms with Crippen molar-refractivity contribution in [3.05, 3.63) is 47.3 Å². The molecule has 1 aromatic carbocycles. The van der Waals surface area contributed by atoms with Gasteiger partial charge in [-0.15, -0.1) is 0 Å². The van der Waals surface area contributed by atoms with Gasteiger partial charge in [-0.05, 0) is 31.0 Å². The lowest BCUT2D eigenvalue weighted by molar-refractivity contribution is -0.114. The van der Waals surface area contributed by atoms with Crippen molar-refractivity contribution in [1.29, 1.82) is 5.41 Å². The molecule has 3 rings (SSSR count). The van der Waals surface area contributed by atoms with E-state index in [0.29, 0.717) is 17.3 Å². The number of carbonyl (C=O) groups is 1. The molecule has 0 bridgehead atoms. The summed E-state index contributed by atoms with van der Waals surface area (Å²) in [7, 11) is 0. The summed E-state index contributed by atoms with van der Waals surface area (Å²) in [5.74, 6) is -0.788. The SMILES string of the molecule is N=C(Nc1cnc2cc(Cl)ccc2c1)/C(=C\NC1CCCOC1)C(N)=O. The maximum atomic E-state index is 11.7. The Morgan fingerprint density at radius 2 is 2.27 bits per heavy atom.